The molecular formula is C30H31N3O4. The second-order valence-electron chi connectivity index (χ2n) is 8.31. The normalized spacial score (nSPS) is 11.0. The fourth-order valence-electron chi connectivity index (χ4n) is 3.90. The van der Waals surface area contributed by atoms with Gasteiger partial charge < -0.3 is 14.2 Å². The molecule has 1 N–H and O–H groups in total. The lowest BCUT2D eigenvalue weighted by Gasteiger charge is -2.12. The topological polar surface area (TPSA) is 82.0 Å². The summed E-state index contributed by atoms with van der Waals surface area (Å²) in [5.41, 5.74) is 6.06. The molecule has 0 bridgehead atoms. The number of hydrogen-bond donors (Lipinski definition) is 1. The number of rotatable bonds is 11. The Morgan fingerprint density at radius 2 is 1.76 bits per heavy atom. The number of amides is 1. The molecule has 190 valence electrons. The summed E-state index contributed by atoms with van der Waals surface area (Å²) in [6, 6.07) is 22.5. The third-order valence-electron chi connectivity index (χ3n) is 5.75. The number of methoxy groups -OCH3 is 1. The zero-order chi connectivity index (χ0) is 26.0. The number of hydrazone groups is 1. The number of ether oxygens (including phenoxy) is 3. The highest BCUT2D eigenvalue weighted by atomic mass is 16.5. The molecule has 4 rings (SSSR count). The van der Waals surface area contributed by atoms with Gasteiger partial charge in [-0.3, -0.25) is 4.79 Å². The molecule has 0 atom stereocenters. The fourth-order valence-corrected chi connectivity index (χ4v) is 3.90. The van der Waals surface area contributed by atoms with E-state index in [9.17, 15) is 4.79 Å². The van der Waals surface area contributed by atoms with Crippen molar-refractivity contribution in [2.75, 3.05) is 20.3 Å². The fraction of sp³-hybridized carbons (Fsp3) is 0.233. The Bertz CT molecular complexity index is 1400. The summed E-state index contributed by atoms with van der Waals surface area (Å²) < 4.78 is 17.1. The van der Waals surface area contributed by atoms with Crippen molar-refractivity contribution >= 4 is 23.0 Å². The summed E-state index contributed by atoms with van der Waals surface area (Å²) in [7, 11) is 1.61. The lowest BCUT2D eigenvalue weighted by Crippen LogP contribution is -2.18. The minimum atomic E-state index is -0.337. The molecule has 1 heterocycles. The van der Waals surface area contributed by atoms with Gasteiger partial charge in [-0.05, 0) is 61.4 Å². The van der Waals surface area contributed by atoms with E-state index in [1.54, 1.807) is 19.4 Å². The van der Waals surface area contributed by atoms with Gasteiger partial charge in [0.25, 0.3) is 5.91 Å². The first kappa shape index (κ1) is 25.7. The van der Waals surface area contributed by atoms with Crippen LogP contribution in [0.1, 0.15) is 42.6 Å². The van der Waals surface area contributed by atoms with Gasteiger partial charge >= 0.3 is 0 Å². The maximum Gasteiger partial charge on any atom is 0.272 e. The standard InChI is InChI=1S/C30H31N3O4/c1-4-6-17-37-28-16-15-21(18-29(28)36-5-2)20-31-33-30(34)24-19-26(23-12-8-10-14-27(23)35-3)32-25-13-9-7-11-22(24)25/h7-16,18-20H,4-6,17H2,1-3H3,(H,33,34)/b31-20+. The van der Waals surface area contributed by atoms with Crippen LogP contribution < -0.4 is 19.6 Å². The van der Waals surface area contributed by atoms with Gasteiger partial charge in [0.1, 0.15) is 5.75 Å². The molecule has 0 aliphatic carbocycles. The van der Waals surface area contributed by atoms with Crippen molar-refractivity contribution in [3.05, 3.63) is 83.9 Å². The van der Waals surface area contributed by atoms with Gasteiger partial charge in [0.15, 0.2) is 11.5 Å². The van der Waals surface area contributed by atoms with Crippen molar-refractivity contribution in [1.82, 2.24) is 10.4 Å². The van der Waals surface area contributed by atoms with Crippen molar-refractivity contribution in [3.63, 3.8) is 0 Å². The molecule has 7 nitrogen and oxygen atoms in total. The first-order valence-corrected chi connectivity index (χ1v) is 12.4. The second kappa shape index (κ2) is 12.5. The number of para-hydroxylation sites is 2. The number of aromatic nitrogens is 1. The predicted molar refractivity (Wildman–Crippen MR) is 147 cm³/mol. The Morgan fingerprint density at radius 3 is 2.57 bits per heavy atom. The number of nitrogens with zero attached hydrogens (tertiary/aromatic N) is 2. The smallest absolute Gasteiger partial charge is 0.272 e. The number of unbranched alkanes of at least 4 members (excludes halogenated alkanes) is 1. The van der Waals surface area contributed by atoms with Gasteiger partial charge in [0.2, 0.25) is 0 Å². The lowest BCUT2D eigenvalue weighted by molar-refractivity contribution is 0.0956. The van der Waals surface area contributed by atoms with E-state index in [0.29, 0.717) is 47.2 Å². The largest absolute Gasteiger partial charge is 0.496 e. The highest BCUT2D eigenvalue weighted by Crippen LogP contribution is 2.31. The zero-order valence-electron chi connectivity index (χ0n) is 21.4. The van der Waals surface area contributed by atoms with E-state index in [0.717, 1.165) is 29.4 Å². The average molecular weight is 498 g/mol. The molecule has 1 amide bonds. The SMILES string of the molecule is CCCCOc1ccc(/C=N/NC(=O)c2cc(-c3ccccc3OC)nc3ccccc23)cc1OCC. The Morgan fingerprint density at radius 1 is 0.946 bits per heavy atom. The molecule has 0 fully saturated rings. The number of carbonyl (C=O) groups excluding carboxylic acids is 1. The number of fused-ring (bicyclic) bond motifs is 1. The van der Waals surface area contributed by atoms with Gasteiger partial charge in [-0.15, -0.1) is 0 Å². The van der Waals surface area contributed by atoms with Crippen LogP contribution in [0.2, 0.25) is 0 Å². The summed E-state index contributed by atoms with van der Waals surface area (Å²) in [6.07, 6.45) is 3.62. The highest BCUT2D eigenvalue weighted by molar-refractivity contribution is 6.07. The van der Waals surface area contributed by atoms with Gasteiger partial charge in [0, 0.05) is 10.9 Å². The van der Waals surface area contributed by atoms with Crippen LogP contribution >= 0.6 is 0 Å². The number of nitrogens with one attached hydrogen (secondary N) is 1. The van der Waals surface area contributed by atoms with Crippen LogP contribution in [0, 0.1) is 0 Å². The van der Waals surface area contributed by atoms with Gasteiger partial charge in [-0.25, -0.2) is 10.4 Å². The maximum atomic E-state index is 13.2. The highest BCUT2D eigenvalue weighted by Gasteiger charge is 2.15. The molecule has 0 aliphatic heterocycles. The van der Waals surface area contributed by atoms with Crippen molar-refractivity contribution in [3.8, 4) is 28.5 Å². The summed E-state index contributed by atoms with van der Waals surface area (Å²) >= 11 is 0. The van der Waals surface area contributed by atoms with E-state index in [4.69, 9.17) is 19.2 Å². The van der Waals surface area contributed by atoms with Crippen molar-refractivity contribution in [2.45, 2.75) is 26.7 Å². The Hall–Kier alpha value is -4.39. The van der Waals surface area contributed by atoms with E-state index < -0.39 is 0 Å². The minimum Gasteiger partial charge on any atom is -0.496 e. The van der Waals surface area contributed by atoms with Crippen LogP contribution in [-0.4, -0.2) is 37.4 Å². The number of pyridine rings is 1. The summed E-state index contributed by atoms with van der Waals surface area (Å²) in [5, 5.41) is 4.94. The van der Waals surface area contributed by atoms with Crippen LogP contribution in [0.25, 0.3) is 22.2 Å². The molecule has 0 aliphatic rings. The third kappa shape index (κ3) is 6.25. The summed E-state index contributed by atoms with van der Waals surface area (Å²) in [6.45, 7) is 5.20. The van der Waals surface area contributed by atoms with Crippen molar-refractivity contribution < 1.29 is 19.0 Å². The van der Waals surface area contributed by atoms with Crippen LogP contribution in [-0.2, 0) is 0 Å². The summed E-state index contributed by atoms with van der Waals surface area (Å²) in [4.78, 5) is 18.0. The number of benzene rings is 3. The van der Waals surface area contributed by atoms with E-state index in [-0.39, 0.29) is 5.91 Å². The van der Waals surface area contributed by atoms with Gasteiger partial charge in [-0.1, -0.05) is 43.7 Å². The van der Waals surface area contributed by atoms with Crippen LogP contribution in [0.4, 0.5) is 0 Å². The molecule has 0 saturated carbocycles. The molecule has 4 aromatic rings. The Labute approximate surface area is 217 Å². The first-order valence-electron chi connectivity index (χ1n) is 12.4. The molecule has 0 saturated heterocycles. The van der Waals surface area contributed by atoms with Crippen molar-refractivity contribution in [2.24, 2.45) is 5.10 Å². The molecule has 0 spiro atoms. The monoisotopic (exact) mass is 497 g/mol. The Kier molecular flexibility index (Phi) is 8.70. The lowest BCUT2D eigenvalue weighted by atomic mass is 10.0. The van der Waals surface area contributed by atoms with Gasteiger partial charge in [-0.2, -0.15) is 5.10 Å². The number of carbonyl (C=O) groups is 1. The quantitative estimate of drug-likeness (QED) is 0.150. The van der Waals surface area contributed by atoms with E-state index in [1.807, 2.05) is 73.7 Å². The zero-order valence-corrected chi connectivity index (χ0v) is 21.4. The predicted octanol–water partition coefficient (Wildman–Crippen LogP) is 6.25. The minimum absolute atomic E-state index is 0.337. The molecule has 1 aromatic heterocycles. The molecule has 7 heteroatoms. The van der Waals surface area contributed by atoms with E-state index >= 15 is 0 Å². The molecule has 3 aromatic carbocycles. The molecular weight excluding hydrogens is 466 g/mol. The maximum absolute atomic E-state index is 13.2. The summed E-state index contributed by atoms with van der Waals surface area (Å²) in [5.74, 6) is 1.69. The van der Waals surface area contributed by atoms with Crippen LogP contribution in [0.5, 0.6) is 17.2 Å². The van der Waals surface area contributed by atoms with Gasteiger partial charge in [0.05, 0.1) is 43.3 Å². The van der Waals surface area contributed by atoms with Crippen molar-refractivity contribution in [1.29, 1.82) is 0 Å². The van der Waals surface area contributed by atoms with Crippen LogP contribution in [0.15, 0.2) is 77.9 Å². The number of hydrogen-bond acceptors (Lipinski definition) is 6. The molecule has 0 radical (unpaired) electrons. The molecule has 37 heavy (non-hydrogen) atoms. The third-order valence-corrected chi connectivity index (χ3v) is 5.75. The first-order chi connectivity index (χ1) is 18.1. The Balaban J connectivity index is 1.58. The molecule has 0 unspecified atom stereocenters. The average Bonchev–Trinajstić information content (AvgIpc) is 2.93. The second-order valence-corrected chi connectivity index (χ2v) is 8.31. The van der Waals surface area contributed by atoms with E-state index in [2.05, 4.69) is 17.5 Å². The van der Waals surface area contributed by atoms with E-state index in [1.165, 1.54) is 0 Å². The van der Waals surface area contributed by atoms with Crippen LogP contribution in [0.3, 0.4) is 0 Å².